The van der Waals surface area contributed by atoms with Crippen LogP contribution < -0.4 is 0 Å². The van der Waals surface area contributed by atoms with Crippen molar-refractivity contribution in [2.75, 3.05) is 0 Å². The van der Waals surface area contributed by atoms with Crippen molar-refractivity contribution in [1.82, 2.24) is 19.8 Å². The first-order chi connectivity index (χ1) is 7.18. The zero-order valence-electron chi connectivity index (χ0n) is 8.66. The highest BCUT2D eigenvalue weighted by molar-refractivity contribution is 6.30. The highest BCUT2D eigenvalue weighted by atomic mass is 35.5. The summed E-state index contributed by atoms with van der Waals surface area (Å²) in [5.41, 5.74) is 2.88. The summed E-state index contributed by atoms with van der Waals surface area (Å²) in [6.45, 7) is 3.96. The first kappa shape index (κ1) is 9.09. The van der Waals surface area contributed by atoms with E-state index in [2.05, 4.69) is 15.3 Å². The number of hydrogen-bond acceptors (Lipinski definition) is 3. The Morgan fingerprint density at radius 1 is 1.20 bits per heavy atom. The second kappa shape index (κ2) is 2.92. The number of hydrogen-bond donors (Lipinski definition) is 0. The van der Waals surface area contributed by atoms with Crippen LogP contribution in [-0.4, -0.2) is 19.8 Å². The zero-order chi connectivity index (χ0) is 10.6. The number of fused-ring (bicyclic) bond motifs is 1. The molecule has 2 aromatic rings. The van der Waals surface area contributed by atoms with Gasteiger partial charge in [-0.1, -0.05) is 11.6 Å². The normalized spacial score (nSPS) is 16.2. The van der Waals surface area contributed by atoms with Crippen LogP contribution in [0.5, 0.6) is 0 Å². The summed E-state index contributed by atoms with van der Waals surface area (Å²) in [5.74, 6) is 1.49. The van der Waals surface area contributed by atoms with Crippen LogP contribution in [0, 0.1) is 13.8 Å². The van der Waals surface area contributed by atoms with Gasteiger partial charge in [0.2, 0.25) is 0 Å². The number of rotatable bonds is 1. The second-order valence-corrected chi connectivity index (χ2v) is 4.47. The maximum absolute atomic E-state index is 6.06. The Morgan fingerprint density at radius 3 is 2.60 bits per heavy atom. The molecule has 0 unspecified atom stereocenters. The monoisotopic (exact) mass is 222 g/mol. The Balaban J connectivity index is 2.35. The molecule has 0 atom stereocenters. The topological polar surface area (TPSA) is 43.1 Å². The van der Waals surface area contributed by atoms with Crippen LogP contribution in [0.3, 0.4) is 0 Å². The van der Waals surface area contributed by atoms with Crippen LogP contribution in [0.15, 0.2) is 0 Å². The van der Waals surface area contributed by atoms with Gasteiger partial charge < -0.3 is 0 Å². The summed E-state index contributed by atoms with van der Waals surface area (Å²) in [5, 5.41) is 13.2. The van der Waals surface area contributed by atoms with Gasteiger partial charge in [-0.2, -0.15) is 9.61 Å². The molecule has 0 aliphatic heterocycles. The quantitative estimate of drug-likeness (QED) is 0.744. The lowest BCUT2D eigenvalue weighted by molar-refractivity contribution is 0.809. The maximum Gasteiger partial charge on any atom is 0.181 e. The van der Waals surface area contributed by atoms with Crippen LogP contribution in [0.4, 0.5) is 0 Å². The van der Waals surface area contributed by atoms with Gasteiger partial charge in [0.25, 0.3) is 0 Å². The van der Waals surface area contributed by atoms with Gasteiger partial charge in [0.15, 0.2) is 16.6 Å². The summed E-state index contributed by atoms with van der Waals surface area (Å²) in [7, 11) is 0. The Hall–Kier alpha value is -1.16. The van der Waals surface area contributed by atoms with E-state index >= 15 is 0 Å². The van der Waals surface area contributed by atoms with E-state index in [4.69, 9.17) is 11.6 Å². The molecule has 0 saturated heterocycles. The van der Waals surface area contributed by atoms with E-state index in [9.17, 15) is 0 Å². The molecular weight excluding hydrogens is 212 g/mol. The molecule has 0 spiro atoms. The van der Waals surface area contributed by atoms with Gasteiger partial charge >= 0.3 is 0 Å². The lowest BCUT2D eigenvalue weighted by atomic mass is 10.2. The summed E-state index contributed by atoms with van der Waals surface area (Å²) in [6.07, 6.45) is 2.38. The van der Waals surface area contributed by atoms with Crippen molar-refractivity contribution in [1.29, 1.82) is 0 Å². The minimum absolute atomic E-state index is 0.533. The van der Waals surface area contributed by atoms with Gasteiger partial charge in [-0.3, -0.25) is 0 Å². The molecule has 0 aromatic carbocycles. The molecule has 2 heterocycles. The molecule has 0 N–H and O–H groups in total. The molecule has 1 aliphatic rings. The van der Waals surface area contributed by atoms with E-state index in [0.717, 1.165) is 22.6 Å². The summed E-state index contributed by atoms with van der Waals surface area (Å²) in [6, 6.07) is 0. The number of aryl methyl sites for hydroxylation is 1. The number of nitrogens with zero attached hydrogens (tertiary/aromatic N) is 4. The summed E-state index contributed by atoms with van der Waals surface area (Å²) >= 11 is 6.06. The molecule has 1 aliphatic carbocycles. The van der Waals surface area contributed by atoms with Gasteiger partial charge in [0, 0.05) is 11.5 Å². The second-order valence-electron chi connectivity index (χ2n) is 4.11. The van der Waals surface area contributed by atoms with Gasteiger partial charge in [0.1, 0.15) is 0 Å². The van der Waals surface area contributed by atoms with Crippen LogP contribution in [0.1, 0.15) is 35.7 Å². The molecule has 0 bridgehead atoms. The van der Waals surface area contributed by atoms with Crippen LogP contribution >= 0.6 is 11.6 Å². The lowest BCUT2D eigenvalue weighted by Gasteiger charge is -2.04. The fourth-order valence-electron chi connectivity index (χ4n) is 1.71. The van der Waals surface area contributed by atoms with Crippen LogP contribution in [-0.2, 0) is 0 Å². The Bertz CT molecular complexity index is 542. The van der Waals surface area contributed by atoms with Crippen molar-refractivity contribution >= 4 is 17.2 Å². The average molecular weight is 223 g/mol. The zero-order valence-corrected chi connectivity index (χ0v) is 9.41. The van der Waals surface area contributed by atoms with Gasteiger partial charge in [-0.05, 0) is 32.3 Å². The lowest BCUT2D eigenvalue weighted by Crippen LogP contribution is -2.01. The van der Waals surface area contributed by atoms with Gasteiger partial charge in [-0.15, -0.1) is 10.2 Å². The first-order valence-corrected chi connectivity index (χ1v) is 5.44. The third-order valence-electron chi connectivity index (χ3n) is 3.00. The van der Waals surface area contributed by atoms with E-state index < -0.39 is 0 Å². The highest BCUT2D eigenvalue weighted by Crippen LogP contribution is 2.39. The first-order valence-electron chi connectivity index (χ1n) is 5.06. The average Bonchev–Trinajstić information content (AvgIpc) is 2.97. The van der Waals surface area contributed by atoms with Crippen molar-refractivity contribution in [3.8, 4) is 0 Å². The third-order valence-corrected chi connectivity index (χ3v) is 3.36. The van der Waals surface area contributed by atoms with E-state index in [-0.39, 0.29) is 0 Å². The SMILES string of the molecule is Cc1c(Cl)nn2c(C3CC3)nnc2c1C. The summed E-state index contributed by atoms with van der Waals surface area (Å²) in [4.78, 5) is 0. The fourth-order valence-corrected chi connectivity index (χ4v) is 1.92. The molecule has 0 amide bonds. The van der Waals surface area contributed by atoms with Gasteiger partial charge in [-0.25, -0.2) is 0 Å². The minimum Gasteiger partial charge on any atom is -0.195 e. The van der Waals surface area contributed by atoms with Crippen molar-refractivity contribution in [2.45, 2.75) is 32.6 Å². The maximum atomic E-state index is 6.06. The largest absolute Gasteiger partial charge is 0.195 e. The van der Waals surface area contributed by atoms with Crippen LogP contribution in [0.2, 0.25) is 5.15 Å². The standard InChI is InChI=1S/C10H11ClN4/c1-5-6(2)9-12-13-10(7-3-4-7)15(9)14-8(5)11/h7H,3-4H2,1-2H3. The van der Waals surface area contributed by atoms with E-state index in [1.54, 1.807) is 4.52 Å². The molecule has 15 heavy (non-hydrogen) atoms. The van der Waals surface area contributed by atoms with Crippen molar-refractivity contribution in [3.63, 3.8) is 0 Å². The molecular formula is C10H11ClN4. The molecule has 0 radical (unpaired) electrons. The predicted octanol–water partition coefficient (Wildman–Crippen LogP) is 2.27. The smallest absolute Gasteiger partial charge is 0.181 e. The van der Waals surface area contributed by atoms with Crippen molar-refractivity contribution < 1.29 is 0 Å². The predicted molar refractivity (Wildman–Crippen MR) is 57.2 cm³/mol. The Kier molecular flexibility index (Phi) is 1.77. The molecule has 1 saturated carbocycles. The van der Waals surface area contributed by atoms with E-state index in [1.165, 1.54) is 12.8 Å². The summed E-state index contributed by atoms with van der Waals surface area (Å²) < 4.78 is 1.79. The molecule has 3 rings (SSSR count). The molecule has 2 aromatic heterocycles. The Morgan fingerprint density at radius 2 is 1.93 bits per heavy atom. The van der Waals surface area contributed by atoms with Crippen molar-refractivity contribution in [3.05, 3.63) is 22.1 Å². The molecule has 5 heteroatoms. The third kappa shape index (κ3) is 1.24. The van der Waals surface area contributed by atoms with Crippen molar-refractivity contribution in [2.24, 2.45) is 0 Å². The fraction of sp³-hybridized carbons (Fsp3) is 0.500. The molecule has 1 fully saturated rings. The Labute approximate surface area is 92.3 Å². The molecule has 78 valence electrons. The highest BCUT2D eigenvalue weighted by Gasteiger charge is 2.29. The number of aromatic nitrogens is 4. The minimum atomic E-state index is 0.533. The van der Waals surface area contributed by atoms with E-state index in [0.29, 0.717) is 11.1 Å². The number of halogens is 1. The van der Waals surface area contributed by atoms with Gasteiger partial charge in [0.05, 0.1) is 0 Å². The van der Waals surface area contributed by atoms with E-state index in [1.807, 2.05) is 13.8 Å². The molecule has 4 nitrogen and oxygen atoms in total. The van der Waals surface area contributed by atoms with Crippen LogP contribution in [0.25, 0.3) is 5.65 Å².